The van der Waals surface area contributed by atoms with Gasteiger partial charge in [-0.3, -0.25) is 4.18 Å². The molecule has 1 aliphatic rings. The molecule has 6 heteroatoms. The van der Waals surface area contributed by atoms with E-state index in [1.54, 1.807) is 0 Å². The summed E-state index contributed by atoms with van der Waals surface area (Å²) >= 11 is 0. The monoisotopic (exact) mass is 193 g/mol. The van der Waals surface area contributed by atoms with Crippen LogP contribution in [-0.2, 0) is 19.1 Å². The number of aliphatic carboxylic acids is 1. The Morgan fingerprint density at radius 3 is 2.58 bits per heavy atom. The lowest BCUT2D eigenvalue weighted by molar-refractivity contribution is -0.308. The number of hydrogen-bond acceptors (Lipinski definition) is 5. The average Bonchev–Trinajstić information content (AvgIpc) is 2.59. The molecule has 1 saturated carbocycles. The van der Waals surface area contributed by atoms with Crippen LogP contribution in [0.2, 0.25) is 0 Å². The molecule has 12 heavy (non-hydrogen) atoms. The fourth-order valence-corrected chi connectivity index (χ4v) is 1.35. The van der Waals surface area contributed by atoms with Crippen molar-refractivity contribution in [2.45, 2.75) is 6.42 Å². The fourth-order valence-electron chi connectivity index (χ4n) is 0.931. The van der Waals surface area contributed by atoms with Crippen LogP contribution in [0.25, 0.3) is 0 Å². The van der Waals surface area contributed by atoms with Crippen LogP contribution in [-0.4, -0.2) is 27.2 Å². The van der Waals surface area contributed by atoms with Crippen molar-refractivity contribution in [2.24, 2.45) is 11.8 Å². The topological polar surface area (TPSA) is 83.5 Å². The van der Waals surface area contributed by atoms with Crippen molar-refractivity contribution in [3.63, 3.8) is 0 Å². The lowest BCUT2D eigenvalue weighted by Gasteiger charge is -2.00. The normalized spacial score (nSPS) is 28.4. The van der Waals surface area contributed by atoms with E-state index < -0.39 is 22.0 Å². The molecule has 0 saturated heterocycles. The lowest BCUT2D eigenvalue weighted by atomic mass is 10.3. The van der Waals surface area contributed by atoms with E-state index in [0.29, 0.717) is 6.42 Å². The van der Waals surface area contributed by atoms with Gasteiger partial charge in [0.05, 0.1) is 12.9 Å². The number of hydrogen-bond donors (Lipinski definition) is 0. The molecule has 2 atom stereocenters. The summed E-state index contributed by atoms with van der Waals surface area (Å²) in [7, 11) is -3.44. The van der Waals surface area contributed by atoms with E-state index in [1.807, 2.05) is 0 Å². The Kier molecular flexibility index (Phi) is 2.39. The van der Waals surface area contributed by atoms with Gasteiger partial charge in [-0.25, -0.2) is 0 Å². The molecular weight excluding hydrogens is 184 g/mol. The molecule has 0 spiro atoms. The molecule has 0 aromatic carbocycles. The maximum absolute atomic E-state index is 10.5. The molecule has 0 heterocycles. The minimum atomic E-state index is -3.44. The Balaban J connectivity index is 2.25. The van der Waals surface area contributed by atoms with Crippen LogP contribution in [0.5, 0.6) is 0 Å². The highest BCUT2D eigenvalue weighted by Gasteiger charge is 2.38. The standard InChI is InChI=1S/C6H10O5S/c1-12(9,10)11-3-4-2-5(4)6(7)8/h4-5H,2-3H2,1H3,(H,7,8)/p-1. The summed E-state index contributed by atoms with van der Waals surface area (Å²) in [5.41, 5.74) is 0. The summed E-state index contributed by atoms with van der Waals surface area (Å²) < 4.78 is 25.3. The molecule has 0 radical (unpaired) electrons. The van der Waals surface area contributed by atoms with Gasteiger partial charge < -0.3 is 9.90 Å². The molecule has 0 amide bonds. The highest BCUT2D eigenvalue weighted by atomic mass is 32.2. The first kappa shape index (κ1) is 9.47. The Bertz CT molecular complexity index is 280. The summed E-state index contributed by atoms with van der Waals surface area (Å²) in [5, 5.41) is 10.2. The first-order chi connectivity index (χ1) is 5.40. The Morgan fingerprint density at radius 2 is 2.25 bits per heavy atom. The van der Waals surface area contributed by atoms with Crippen LogP contribution in [0.1, 0.15) is 6.42 Å². The predicted molar refractivity (Wildman–Crippen MR) is 37.4 cm³/mol. The maximum Gasteiger partial charge on any atom is 0.264 e. The van der Waals surface area contributed by atoms with Gasteiger partial charge in [0, 0.05) is 11.9 Å². The van der Waals surface area contributed by atoms with E-state index in [-0.39, 0.29) is 12.5 Å². The third-order valence-electron chi connectivity index (χ3n) is 1.72. The highest BCUT2D eigenvalue weighted by molar-refractivity contribution is 7.85. The molecule has 2 unspecified atom stereocenters. The quantitative estimate of drug-likeness (QED) is 0.499. The van der Waals surface area contributed by atoms with Crippen molar-refractivity contribution < 1.29 is 22.5 Å². The van der Waals surface area contributed by atoms with Crippen LogP contribution in [0.3, 0.4) is 0 Å². The largest absolute Gasteiger partial charge is 0.550 e. The zero-order chi connectivity index (χ0) is 9.35. The molecule has 0 aromatic heterocycles. The van der Waals surface area contributed by atoms with Crippen LogP contribution in [0.15, 0.2) is 0 Å². The van der Waals surface area contributed by atoms with Crippen molar-refractivity contribution in [3.05, 3.63) is 0 Å². The second kappa shape index (κ2) is 3.02. The SMILES string of the molecule is CS(=O)(=O)OCC1CC1C(=O)[O-]. The van der Waals surface area contributed by atoms with Gasteiger partial charge in [0.15, 0.2) is 0 Å². The maximum atomic E-state index is 10.5. The molecule has 5 nitrogen and oxygen atoms in total. The zero-order valence-corrected chi connectivity index (χ0v) is 7.33. The minimum absolute atomic E-state index is 0.0442. The summed E-state index contributed by atoms with van der Waals surface area (Å²) in [6.45, 7) is -0.0442. The van der Waals surface area contributed by atoms with Crippen molar-refractivity contribution in [2.75, 3.05) is 12.9 Å². The highest BCUT2D eigenvalue weighted by Crippen LogP contribution is 2.38. The third kappa shape index (κ3) is 2.78. The van der Waals surface area contributed by atoms with Gasteiger partial charge in [0.2, 0.25) is 0 Å². The lowest BCUT2D eigenvalue weighted by Crippen LogP contribution is -2.25. The number of carboxylic acids is 1. The first-order valence-electron chi connectivity index (χ1n) is 3.45. The predicted octanol–water partition coefficient (Wildman–Crippen LogP) is -1.65. The van der Waals surface area contributed by atoms with Gasteiger partial charge in [-0.1, -0.05) is 0 Å². The summed E-state index contributed by atoms with van der Waals surface area (Å²) in [5.74, 6) is -1.84. The van der Waals surface area contributed by atoms with Crippen molar-refractivity contribution in [3.8, 4) is 0 Å². The van der Waals surface area contributed by atoms with E-state index in [1.165, 1.54) is 0 Å². The molecule has 70 valence electrons. The molecule has 0 N–H and O–H groups in total. The second-order valence-electron chi connectivity index (χ2n) is 2.91. The number of carbonyl (C=O) groups is 1. The number of carbonyl (C=O) groups excluding carboxylic acids is 1. The van der Waals surface area contributed by atoms with E-state index >= 15 is 0 Å². The van der Waals surface area contributed by atoms with Crippen molar-refractivity contribution in [1.82, 2.24) is 0 Å². The molecule has 0 aliphatic heterocycles. The minimum Gasteiger partial charge on any atom is -0.550 e. The molecule has 0 aromatic rings. The van der Waals surface area contributed by atoms with Gasteiger partial charge in [0.25, 0.3) is 10.1 Å². The van der Waals surface area contributed by atoms with Gasteiger partial charge >= 0.3 is 0 Å². The molecule has 0 bridgehead atoms. The Morgan fingerprint density at radius 1 is 1.67 bits per heavy atom. The smallest absolute Gasteiger partial charge is 0.264 e. The van der Waals surface area contributed by atoms with Gasteiger partial charge in [-0.2, -0.15) is 8.42 Å². The molecule has 1 aliphatic carbocycles. The molecule has 1 fully saturated rings. The Labute approximate surface area is 70.5 Å². The van der Waals surface area contributed by atoms with Gasteiger partial charge in [-0.15, -0.1) is 0 Å². The number of rotatable bonds is 4. The second-order valence-corrected chi connectivity index (χ2v) is 4.55. The molecule has 1 rings (SSSR count). The third-order valence-corrected chi connectivity index (χ3v) is 2.29. The fraction of sp³-hybridized carbons (Fsp3) is 0.833. The summed E-state index contributed by atoms with van der Waals surface area (Å²) in [4.78, 5) is 10.2. The summed E-state index contributed by atoms with van der Waals surface area (Å²) in [6, 6.07) is 0. The van der Waals surface area contributed by atoms with E-state index in [9.17, 15) is 18.3 Å². The molecular formula is C6H9O5S-. The Hall–Kier alpha value is -0.620. The van der Waals surface area contributed by atoms with Crippen LogP contribution in [0.4, 0.5) is 0 Å². The van der Waals surface area contributed by atoms with E-state index in [4.69, 9.17) is 0 Å². The van der Waals surface area contributed by atoms with Gasteiger partial charge in [0.1, 0.15) is 0 Å². The average molecular weight is 193 g/mol. The van der Waals surface area contributed by atoms with Crippen LogP contribution < -0.4 is 5.11 Å². The van der Waals surface area contributed by atoms with Crippen molar-refractivity contribution in [1.29, 1.82) is 0 Å². The zero-order valence-electron chi connectivity index (χ0n) is 6.52. The summed E-state index contributed by atoms with van der Waals surface area (Å²) in [6.07, 6.45) is 1.39. The van der Waals surface area contributed by atoms with E-state index in [2.05, 4.69) is 4.18 Å². The van der Waals surface area contributed by atoms with Crippen LogP contribution in [0, 0.1) is 11.8 Å². The van der Waals surface area contributed by atoms with Gasteiger partial charge in [-0.05, 0) is 12.3 Å². The number of carboxylic acid groups (broad SMARTS) is 1. The first-order valence-corrected chi connectivity index (χ1v) is 5.27. The van der Waals surface area contributed by atoms with E-state index in [0.717, 1.165) is 6.26 Å². The van der Waals surface area contributed by atoms with Crippen LogP contribution >= 0.6 is 0 Å². The van der Waals surface area contributed by atoms with Crippen molar-refractivity contribution >= 4 is 16.1 Å².